The van der Waals surface area contributed by atoms with Crippen molar-refractivity contribution in [2.45, 2.75) is 25.0 Å². The number of carbonyl (C=O) groups excluding carboxylic acids is 1. The van der Waals surface area contributed by atoms with E-state index < -0.39 is 21.0 Å². The number of oxime groups is 1. The highest BCUT2D eigenvalue weighted by atomic mass is 32.2. The van der Waals surface area contributed by atoms with Gasteiger partial charge in [-0.05, 0) is 13.3 Å². The number of carbonyl (C=O) groups is 1. The van der Waals surface area contributed by atoms with Crippen LogP contribution in [0, 0.1) is 0 Å². The molecule has 0 bridgehead atoms. The summed E-state index contributed by atoms with van der Waals surface area (Å²) in [5.74, 6) is -0.465. The number of amides is 1. The zero-order valence-corrected chi connectivity index (χ0v) is 10.1. The molecule has 0 aromatic rings. The lowest BCUT2D eigenvalue weighted by molar-refractivity contribution is -0.120. The molecule has 0 spiro atoms. The molecule has 8 heteroatoms. The van der Waals surface area contributed by atoms with E-state index in [1.165, 1.54) is 6.92 Å². The van der Waals surface area contributed by atoms with Crippen molar-refractivity contribution < 1.29 is 18.4 Å². The number of amidine groups is 1. The molecule has 0 aliphatic rings. The molecule has 0 aliphatic carbocycles. The Labute approximate surface area is 94.6 Å². The van der Waals surface area contributed by atoms with Gasteiger partial charge in [-0.3, -0.25) is 4.79 Å². The average molecular weight is 251 g/mol. The third-order valence-corrected chi connectivity index (χ3v) is 3.55. The Bertz CT molecular complexity index is 363. The number of rotatable bonds is 6. The van der Waals surface area contributed by atoms with Gasteiger partial charge in [-0.1, -0.05) is 5.16 Å². The van der Waals surface area contributed by atoms with Crippen molar-refractivity contribution in [1.29, 1.82) is 0 Å². The Kier molecular flexibility index (Phi) is 5.79. The fraction of sp³-hybridized carbons (Fsp3) is 0.750. The maximum atomic E-state index is 11.3. The van der Waals surface area contributed by atoms with Gasteiger partial charge in [0.25, 0.3) is 0 Å². The zero-order chi connectivity index (χ0) is 12.8. The fourth-order valence-electron chi connectivity index (χ4n) is 0.869. The zero-order valence-electron chi connectivity index (χ0n) is 9.30. The van der Waals surface area contributed by atoms with Crippen molar-refractivity contribution in [2.75, 3.05) is 12.8 Å². The molecule has 0 fully saturated rings. The SMILES string of the molecule is CC(C(=O)NCCCC(N)=NO)S(C)(=O)=O. The molecular weight excluding hydrogens is 234 g/mol. The molecule has 1 amide bonds. The number of hydrogen-bond acceptors (Lipinski definition) is 5. The molecule has 94 valence electrons. The van der Waals surface area contributed by atoms with E-state index in [9.17, 15) is 13.2 Å². The molecule has 1 atom stereocenters. The first-order valence-corrected chi connectivity index (χ1v) is 6.67. The smallest absolute Gasteiger partial charge is 0.238 e. The van der Waals surface area contributed by atoms with Crippen LogP contribution >= 0.6 is 0 Å². The number of nitrogens with two attached hydrogens (primary N) is 1. The van der Waals surface area contributed by atoms with Crippen LogP contribution in [0.25, 0.3) is 0 Å². The summed E-state index contributed by atoms with van der Waals surface area (Å²) in [4.78, 5) is 11.3. The Hall–Kier alpha value is -1.31. The molecule has 1 unspecified atom stereocenters. The highest BCUT2D eigenvalue weighted by Gasteiger charge is 2.22. The van der Waals surface area contributed by atoms with E-state index in [0.29, 0.717) is 12.8 Å². The minimum absolute atomic E-state index is 0.0745. The first-order valence-electron chi connectivity index (χ1n) is 4.72. The summed E-state index contributed by atoms with van der Waals surface area (Å²) in [5.41, 5.74) is 5.21. The van der Waals surface area contributed by atoms with Gasteiger partial charge in [0.05, 0.1) is 0 Å². The lowest BCUT2D eigenvalue weighted by Gasteiger charge is -2.09. The molecule has 16 heavy (non-hydrogen) atoms. The van der Waals surface area contributed by atoms with E-state index in [4.69, 9.17) is 10.9 Å². The minimum Gasteiger partial charge on any atom is -0.409 e. The van der Waals surface area contributed by atoms with Gasteiger partial charge < -0.3 is 16.3 Å². The summed E-state index contributed by atoms with van der Waals surface area (Å²) in [6, 6.07) is 0. The van der Waals surface area contributed by atoms with Crippen LogP contribution in [0.4, 0.5) is 0 Å². The maximum absolute atomic E-state index is 11.3. The number of nitrogens with one attached hydrogen (secondary N) is 1. The van der Waals surface area contributed by atoms with Crippen LogP contribution < -0.4 is 11.1 Å². The quantitative estimate of drug-likeness (QED) is 0.185. The van der Waals surface area contributed by atoms with Gasteiger partial charge in [0.2, 0.25) is 5.91 Å². The second-order valence-electron chi connectivity index (χ2n) is 3.46. The van der Waals surface area contributed by atoms with Crippen molar-refractivity contribution in [3.8, 4) is 0 Å². The molecule has 0 rings (SSSR count). The van der Waals surface area contributed by atoms with Crippen molar-refractivity contribution in [3.63, 3.8) is 0 Å². The van der Waals surface area contributed by atoms with E-state index in [1.807, 2.05) is 0 Å². The molecule has 0 saturated carbocycles. The number of sulfone groups is 1. The molecule has 7 nitrogen and oxygen atoms in total. The first-order chi connectivity index (χ1) is 7.29. The third-order valence-electron chi connectivity index (χ3n) is 2.05. The van der Waals surface area contributed by atoms with E-state index in [-0.39, 0.29) is 12.4 Å². The van der Waals surface area contributed by atoms with E-state index in [2.05, 4.69) is 10.5 Å². The normalized spacial score (nSPS) is 14.5. The second kappa shape index (κ2) is 6.31. The van der Waals surface area contributed by atoms with Crippen molar-refractivity contribution in [2.24, 2.45) is 10.9 Å². The summed E-state index contributed by atoms with van der Waals surface area (Å²) in [7, 11) is -3.36. The van der Waals surface area contributed by atoms with Crippen molar-refractivity contribution in [1.82, 2.24) is 5.32 Å². The highest BCUT2D eigenvalue weighted by molar-refractivity contribution is 7.92. The van der Waals surface area contributed by atoms with Gasteiger partial charge in [0.15, 0.2) is 9.84 Å². The van der Waals surface area contributed by atoms with E-state index in [1.54, 1.807) is 0 Å². The van der Waals surface area contributed by atoms with Crippen molar-refractivity contribution in [3.05, 3.63) is 0 Å². The number of nitrogens with zero attached hydrogens (tertiary/aromatic N) is 1. The van der Waals surface area contributed by atoms with Crippen LogP contribution in [0.2, 0.25) is 0 Å². The molecule has 0 radical (unpaired) electrons. The average Bonchev–Trinajstić information content (AvgIpc) is 2.21. The van der Waals surface area contributed by atoms with E-state index in [0.717, 1.165) is 6.26 Å². The molecule has 0 aromatic heterocycles. The van der Waals surface area contributed by atoms with Gasteiger partial charge in [-0.2, -0.15) is 0 Å². The second-order valence-corrected chi connectivity index (χ2v) is 5.82. The van der Waals surface area contributed by atoms with Gasteiger partial charge >= 0.3 is 0 Å². The molecule has 0 saturated heterocycles. The Morgan fingerprint density at radius 3 is 2.56 bits per heavy atom. The van der Waals surface area contributed by atoms with Crippen LogP contribution in [-0.4, -0.2) is 43.4 Å². The van der Waals surface area contributed by atoms with Crippen molar-refractivity contribution >= 4 is 21.6 Å². The Morgan fingerprint density at radius 1 is 1.56 bits per heavy atom. The first kappa shape index (κ1) is 14.7. The molecule has 0 aromatic carbocycles. The summed E-state index contributed by atoms with van der Waals surface area (Å²) < 4.78 is 22.1. The third kappa shape index (κ3) is 5.54. The highest BCUT2D eigenvalue weighted by Crippen LogP contribution is 1.97. The Balaban J connectivity index is 3.92. The van der Waals surface area contributed by atoms with Crippen LogP contribution in [-0.2, 0) is 14.6 Å². The van der Waals surface area contributed by atoms with Crippen LogP contribution in [0.3, 0.4) is 0 Å². The molecule has 0 heterocycles. The summed E-state index contributed by atoms with van der Waals surface area (Å²) >= 11 is 0. The topological polar surface area (TPSA) is 122 Å². The lowest BCUT2D eigenvalue weighted by atomic mass is 10.3. The molecule has 4 N–H and O–H groups in total. The summed E-state index contributed by atoms with van der Waals surface area (Å²) in [6.07, 6.45) is 1.83. The van der Waals surface area contributed by atoms with Gasteiger partial charge in [-0.25, -0.2) is 8.42 Å². The lowest BCUT2D eigenvalue weighted by Crippen LogP contribution is -2.38. The fourth-order valence-corrected chi connectivity index (χ4v) is 1.34. The molecular formula is C8H17N3O4S. The van der Waals surface area contributed by atoms with Crippen LogP contribution in [0.5, 0.6) is 0 Å². The van der Waals surface area contributed by atoms with E-state index >= 15 is 0 Å². The maximum Gasteiger partial charge on any atom is 0.238 e. The van der Waals surface area contributed by atoms with Gasteiger partial charge in [-0.15, -0.1) is 0 Å². The summed E-state index contributed by atoms with van der Waals surface area (Å²) in [6.45, 7) is 1.61. The minimum atomic E-state index is -3.36. The summed E-state index contributed by atoms with van der Waals surface area (Å²) in [5, 5.41) is 12.4. The predicted molar refractivity (Wildman–Crippen MR) is 60.0 cm³/mol. The van der Waals surface area contributed by atoms with Gasteiger partial charge in [0, 0.05) is 19.2 Å². The van der Waals surface area contributed by atoms with Crippen LogP contribution in [0.15, 0.2) is 5.16 Å². The van der Waals surface area contributed by atoms with Gasteiger partial charge in [0.1, 0.15) is 11.1 Å². The van der Waals surface area contributed by atoms with Crippen LogP contribution in [0.1, 0.15) is 19.8 Å². The Morgan fingerprint density at radius 2 is 2.12 bits per heavy atom. The largest absolute Gasteiger partial charge is 0.409 e. The monoisotopic (exact) mass is 251 g/mol. The predicted octanol–water partition coefficient (Wildman–Crippen LogP) is -0.938. The molecule has 0 aliphatic heterocycles. The standard InChI is InChI=1S/C8H17N3O4S/c1-6(16(2,14)15)8(12)10-5-3-4-7(9)11-13/h6,13H,3-5H2,1-2H3,(H2,9,11)(H,10,12). The number of hydrogen-bond donors (Lipinski definition) is 3.